The number of aliphatic hydroxyl groups excluding tert-OH is 1. The van der Waals surface area contributed by atoms with E-state index in [1.54, 1.807) is 0 Å². The fraction of sp³-hybridized carbons (Fsp3) is 0.846. The Kier molecular flexibility index (Phi) is 2.96. The molecule has 80 valence electrons. The van der Waals surface area contributed by atoms with Crippen molar-refractivity contribution in [2.75, 3.05) is 0 Å². The highest BCUT2D eigenvalue weighted by molar-refractivity contribution is 5.15. The highest BCUT2D eigenvalue weighted by atomic mass is 16.3. The van der Waals surface area contributed by atoms with E-state index in [1.165, 1.54) is 50.5 Å². The molecule has 2 aliphatic carbocycles. The predicted octanol–water partition coefficient (Wildman–Crippen LogP) is 3.43. The van der Waals surface area contributed by atoms with Crippen molar-refractivity contribution in [2.24, 2.45) is 5.41 Å². The second-order valence-electron chi connectivity index (χ2n) is 5.29. The summed E-state index contributed by atoms with van der Waals surface area (Å²) < 4.78 is 0. The van der Waals surface area contributed by atoms with Gasteiger partial charge in [0.05, 0.1) is 6.10 Å². The number of allylic oxidation sites excluding steroid dienone is 1. The van der Waals surface area contributed by atoms with Gasteiger partial charge in [-0.3, -0.25) is 0 Å². The summed E-state index contributed by atoms with van der Waals surface area (Å²) in [6.45, 7) is 2.26. The van der Waals surface area contributed by atoms with Crippen LogP contribution in [0.25, 0.3) is 0 Å². The molecule has 0 spiro atoms. The molecule has 0 aromatic heterocycles. The average molecular weight is 194 g/mol. The van der Waals surface area contributed by atoms with Crippen molar-refractivity contribution in [2.45, 2.75) is 64.4 Å². The zero-order chi connectivity index (χ0) is 10.0. The largest absolute Gasteiger partial charge is 0.388 e. The van der Waals surface area contributed by atoms with E-state index in [-0.39, 0.29) is 11.5 Å². The Labute approximate surface area is 87.2 Å². The lowest BCUT2D eigenvalue weighted by Gasteiger charge is -2.33. The highest BCUT2D eigenvalue weighted by Gasteiger charge is 2.37. The van der Waals surface area contributed by atoms with Gasteiger partial charge in [-0.15, -0.1) is 0 Å². The van der Waals surface area contributed by atoms with Crippen LogP contribution < -0.4 is 0 Å². The Morgan fingerprint density at radius 3 is 2.50 bits per heavy atom. The first kappa shape index (κ1) is 10.2. The van der Waals surface area contributed by atoms with Crippen LogP contribution in [0.1, 0.15) is 58.3 Å². The first-order valence-corrected chi connectivity index (χ1v) is 6.09. The van der Waals surface area contributed by atoms with Crippen molar-refractivity contribution in [3.05, 3.63) is 11.6 Å². The van der Waals surface area contributed by atoms with E-state index >= 15 is 0 Å². The summed E-state index contributed by atoms with van der Waals surface area (Å²) >= 11 is 0. The number of rotatable bonds is 2. The molecule has 1 saturated carbocycles. The van der Waals surface area contributed by atoms with Crippen LogP contribution in [0.15, 0.2) is 11.6 Å². The molecule has 0 aliphatic heterocycles. The Balaban J connectivity index is 2.05. The number of hydrogen-bond acceptors (Lipinski definition) is 1. The Morgan fingerprint density at radius 1 is 1.21 bits per heavy atom. The van der Waals surface area contributed by atoms with E-state index in [1.807, 2.05) is 0 Å². The third-order valence-corrected chi connectivity index (χ3v) is 4.08. The summed E-state index contributed by atoms with van der Waals surface area (Å²) in [5, 5.41) is 10.4. The van der Waals surface area contributed by atoms with Gasteiger partial charge in [-0.2, -0.15) is 0 Å². The van der Waals surface area contributed by atoms with Crippen molar-refractivity contribution in [3.8, 4) is 0 Å². The summed E-state index contributed by atoms with van der Waals surface area (Å²) in [5.41, 5.74) is 1.53. The normalized spacial score (nSPS) is 28.6. The smallest absolute Gasteiger partial charge is 0.0803 e. The topological polar surface area (TPSA) is 20.2 Å². The number of hydrogen-bond donors (Lipinski definition) is 1. The molecule has 14 heavy (non-hydrogen) atoms. The molecule has 1 unspecified atom stereocenters. The fourth-order valence-corrected chi connectivity index (χ4v) is 3.02. The van der Waals surface area contributed by atoms with Gasteiger partial charge in [0.25, 0.3) is 0 Å². The van der Waals surface area contributed by atoms with Crippen molar-refractivity contribution in [1.29, 1.82) is 0 Å². The zero-order valence-electron chi connectivity index (χ0n) is 9.26. The van der Waals surface area contributed by atoms with Gasteiger partial charge in [-0.05, 0) is 49.5 Å². The Morgan fingerprint density at radius 2 is 1.93 bits per heavy atom. The number of aliphatic hydroxyl groups is 1. The minimum Gasteiger partial charge on any atom is -0.388 e. The molecule has 1 nitrogen and oxygen atoms in total. The third kappa shape index (κ3) is 1.88. The van der Waals surface area contributed by atoms with Gasteiger partial charge in [0.2, 0.25) is 0 Å². The van der Waals surface area contributed by atoms with Gasteiger partial charge in [0.1, 0.15) is 0 Å². The van der Waals surface area contributed by atoms with Crippen LogP contribution in [0.5, 0.6) is 0 Å². The standard InChI is InChI=1S/C13H22O/c1-13(9-5-6-10-13)12(14)11-7-3-2-4-8-11/h7,12,14H,2-6,8-10H2,1H3. The molecule has 2 aliphatic rings. The van der Waals surface area contributed by atoms with Crippen LogP contribution >= 0.6 is 0 Å². The van der Waals surface area contributed by atoms with Gasteiger partial charge < -0.3 is 5.11 Å². The van der Waals surface area contributed by atoms with E-state index in [4.69, 9.17) is 0 Å². The lowest BCUT2D eigenvalue weighted by molar-refractivity contribution is 0.0676. The molecule has 1 heteroatoms. The first-order chi connectivity index (χ1) is 6.72. The quantitative estimate of drug-likeness (QED) is 0.668. The van der Waals surface area contributed by atoms with Gasteiger partial charge in [0.15, 0.2) is 0 Å². The second-order valence-corrected chi connectivity index (χ2v) is 5.29. The molecule has 1 N–H and O–H groups in total. The van der Waals surface area contributed by atoms with Crippen LogP contribution in [0.4, 0.5) is 0 Å². The lowest BCUT2D eigenvalue weighted by Crippen LogP contribution is -2.31. The molecule has 0 radical (unpaired) electrons. The summed E-state index contributed by atoms with van der Waals surface area (Å²) in [6, 6.07) is 0. The summed E-state index contributed by atoms with van der Waals surface area (Å²) in [4.78, 5) is 0. The van der Waals surface area contributed by atoms with E-state index in [9.17, 15) is 5.11 Å². The minimum absolute atomic E-state index is 0.148. The molecule has 0 saturated heterocycles. The monoisotopic (exact) mass is 194 g/mol. The molecule has 0 heterocycles. The molecule has 0 aromatic carbocycles. The van der Waals surface area contributed by atoms with Crippen molar-refractivity contribution < 1.29 is 5.11 Å². The Bertz CT molecular complexity index is 223. The summed E-state index contributed by atoms with van der Waals surface area (Å²) in [6.07, 6.45) is 12.1. The maximum atomic E-state index is 10.4. The molecule has 0 bridgehead atoms. The first-order valence-electron chi connectivity index (χ1n) is 6.09. The van der Waals surface area contributed by atoms with E-state index in [2.05, 4.69) is 13.0 Å². The lowest BCUT2D eigenvalue weighted by atomic mass is 9.76. The van der Waals surface area contributed by atoms with Gasteiger partial charge in [-0.1, -0.05) is 25.8 Å². The third-order valence-electron chi connectivity index (χ3n) is 4.08. The Hall–Kier alpha value is -0.300. The van der Waals surface area contributed by atoms with E-state index in [0.29, 0.717) is 0 Å². The molecule has 0 aromatic rings. The molecule has 1 atom stereocenters. The molecular formula is C13H22O. The molecule has 2 rings (SSSR count). The van der Waals surface area contributed by atoms with Gasteiger partial charge >= 0.3 is 0 Å². The molecular weight excluding hydrogens is 172 g/mol. The predicted molar refractivity (Wildman–Crippen MR) is 59.1 cm³/mol. The minimum atomic E-state index is -0.148. The van der Waals surface area contributed by atoms with Gasteiger partial charge in [-0.25, -0.2) is 0 Å². The van der Waals surface area contributed by atoms with Crippen LogP contribution in [0.2, 0.25) is 0 Å². The molecule has 1 fully saturated rings. The van der Waals surface area contributed by atoms with Gasteiger partial charge in [0, 0.05) is 0 Å². The second kappa shape index (κ2) is 4.06. The fourth-order valence-electron chi connectivity index (χ4n) is 3.02. The van der Waals surface area contributed by atoms with Crippen molar-refractivity contribution in [3.63, 3.8) is 0 Å². The van der Waals surface area contributed by atoms with Crippen LogP contribution in [-0.2, 0) is 0 Å². The van der Waals surface area contributed by atoms with Crippen molar-refractivity contribution in [1.82, 2.24) is 0 Å². The van der Waals surface area contributed by atoms with Crippen LogP contribution in [0, 0.1) is 5.41 Å². The summed E-state index contributed by atoms with van der Waals surface area (Å²) in [5.74, 6) is 0. The molecule has 0 amide bonds. The van der Waals surface area contributed by atoms with Crippen molar-refractivity contribution >= 4 is 0 Å². The van der Waals surface area contributed by atoms with E-state index < -0.39 is 0 Å². The maximum Gasteiger partial charge on any atom is 0.0803 e. The van der Waals surface area contributed by atoms with E-state index in [0.717, 1.165) is 6.42 Å². The summed E-state index contributed by atoms with van der Waals surface area (Å²) in [7, 11) is 0. The SMILES string of the molecule is CC1(C(O)C2=CCCCC2)CCCC1. The van der Waals surface area contributed by atoms with Crippen LogP contribution in [0.3, 0.4) is 0 Å². The van der Waals surface area contributed by atoms with Crippen LogP contribution in [-0.4, -0.2) is 11.2 Å². The average Bonchev–Trinajstić information content (AvgIpc) is 2.67. The maximum absolute atomic E-state index is 10.4. The zero-order valence-corrected chi connectivity index (χ0v) is 9.26. The highest BCUT2D eigenvalue weighted by Crippen LogP contribution is 2.44.